The maximum Gasteiger partial charge on any atom is 0.320 e. The summed E-state index contributed by atoms with van der Waals surface area (Å²) in [5, 5.41) is 9.09. The third-order valence-corrected chi connectivity index (χ3v) is 3.77. The van der Waals surface area contributed by atoms with Crippen LogP contribution in [0.15, 0.2) is 0 Å². The zero-order valence-electron chi connectivity index (χ0n) is 9.24. The number of ether oxygens (including phenoxy) is 1. The number of hydrogen-bond donors (Lipinski definition) is 1. The van der Waals surface area contributed by atoms with Crippen molar-refractivity contribution in [1.82, 2.24) is 4.90 Å². The molecule has 1 N–H and O–H groups in total. The molecule has 0 bridgehead atoms. The molecule has 2 unspecified atom stereocenters. The standard InChI is InChI=1S/C11H19NO3/c1-2-9(10(13)14)12-5-3-11(7-12)4-6-15-8-11/h9H,2-8H2,1H3,(H,13,14). The third kappa shape index (κ3) is 2.01. The molecule has 2 saturated heterocycles. The van der Waals surface area contributed by atoms with Gasteiger partial charge >= 0.3 is 5.97 Å². The number of hydrogen-bond acceptors (Lipinski definition) is 3. The van der Waals surface area contributed by atoms with Gasteiger partial charge in [0.05, 0.1) is 6.61 Å². The number of carbonyl (C=O) groups is 1. The first-order chi connectivity index (χ1) is 7.17. The molecule has 0 aromatic heterocycles. The van der Waals surface area contributed by atoms with Gasteiger partial charge in [-0.15, -0.1) is 0 Å². The van der Waals surface area contributed by atoms with E-state index in [4.69, 9.17) is 9.84 Å². The van der Waals surface area contributed by atoms with Crippen molar-refractivity contribution in [2.75, 3.05) is 26.3 Å². The summed E-state index contributed by atoms with van der Waals surface area (Å²) in [4.78, 5) is 13.2. The minimum atomic E-state index is -0.687. The van der Waals surface area contributed by atoms with Gasteiger partial charge in [0.15, 0.2) is 0 Å². The Bertz CT molecular complexity index is 248. The van der Waals surface area contributed by atoms with Gasteiger partial charge in [0.1, 0.15) is 6.04 Å². The third-order valence-electron chi connectivity index (χ3n) is 3.77. The highest BCUT2D eigenvalue weighted by molar-refractivity contribution is 5.73. The Labute approximate surface area is 90.2 Å². The first kappa shape index (κ1) is 10.9. The van der Waals surface area contributed by atoms with Crippen LogP contribution in [0.3, 0.4) is 0 Å². The zero-order valence-corrected chi connectivity index (χ0v) is 9.24. The van der Waals surface area contributed by atoms with E-state index in [-0.39, 0.29) is 11.5 Å². The lowest BCUT2D eigenvalue weighted by molar-refractivity contribution is -0.143. The fourth-order valence-electron chi connectivity index (χ4n) is 2.80. The molecular formula is C11H19NO3. The molecule has 0 amide bonds. The van der Waals surface area contributed by atoms with Crippen LogP contribution in [-0.4, -0.2) is 48.3 Å². The molecule has 2 aliphatic rings. The predicted molar refractivity (Wildman–Crippen MR) is 55.8 cm³/mol. The number of rotatable bonds is 3. The van der Waals surface area contributed by atoms with E-state index in [1.165, 1.54) is 0 Å². The van der Waals surface area contributed by atoms with Gasteiger partial charge in [0.25, 0.3) is 0 Å². The van der Waals surface area contributed by atoms with Crippen LogP contribution in [0.1, 0.15) is 26.2 Å². The predicted octanol–water partition coefficient (Wildman–Crippen LogP) is 0.962. The molecule has 0 aliphatic carbocycles. The highest BCUT2D eigenvalue weighted by Crippen LogP contribution is 2.39. The van der Waals surface area contributed by atoms with Crippen LogP contribution in [0, 0.1) is 5.41 Å². The number of carboxylic acids is 1. The summed E-state index contributed by atoms with van der Waals surface area (Å²) in [5.41, 5.74) is 0.267. The Balaban J connectivity index is 1.99. The highest BCUT2D eigenvalue weighted by atomic mass is 16.5. The van der Waals surface area contributed by atoms with Gasteiger partial charge in [-0.05, 0) is 25.8 Å². The van der Waals surface area contributed by atoms with Crippen molar-refractivity contribution in [2.24, 2.45) is 5.41 Å². The average molecular weight is 213 g/mol. The van der Waals surface area contributed by atoms with E-state index in [1.54, 1.807) is 0 Å². The molecule has 2 fully saturated rings. The van der Waals surface area contributed by atoms with Gasteiger partial charge in [-0.3, -0.25) is 9.69 Å². The van der Waals surface area contributed by atoms with E-state index in [1.807, 2.05) is 6.92 Å². The molecule has 0 aromatic carbocycles. The molecule has 0 aromatic rings. The van der Waals surface area contributed by atoms with E-state index in [0.717, 1.165) is 39.1 Å². The molecule has 2 heterocycles. The minimum absolute atomic E-state index is 0.267. The highest BCUT2D eigenvalue weighted by Gasteiger charge is 2.43. The summed E-state index contributed by atoms with van der Waals surface area (Å²) >= 11 is 0. The van der Waals surface area contributed by atoms with Crippen molar-refractivity contribution in [3.63, 3.8) is 0 Å². The van der Waals surface area contributed by atoms with E-state index in [0.29, 0.717) is 6.42 Å². The molecule has 2 aliphatic heterocycles. The fourth-order valence-corrected chi connectivity index (χ4v) is 2.80. The van der Waals surface area contributed by atoms with E-state index >= 15 is 0 Å². The van der Waals surface area contributed by atoms with Gasteiger partial charge in [-0.1, -0.05) is 6.92 Å². The average Bonchev–Trinajstić information content (AvgIpc) is 2.79. The van der Waals surface area contributed by atoms with Crippen LogP contribution in [0.25, 0.3) is 0 Å². The fraction of sp³-hybridized carbons (Fsp3) is 0.909. The molecule has 2 rings (SSSR count). The molecule has 0 radical (unpaired) electrons. The molecular weight excluding hydrogens is 194 g/mol. The van der Waals surface area contributed by atoms with Gasteiger partial charge in [-0.2, -0.15) is 0 Å². The van der Waals surface area contributed by atoms with Crippen molar-refractivity contribution in [3.05, 3.63) is 0 Å². The van der Waals surface area contributed by atoms with Crippen LogP contribution >= 0.6 is 0 Å². The molecule has 86 valence electrons. The molecule has 4 nitrogen and oxygen atoms in total. The first-order valence-electron chi connectivity index (χ1n) is 5.71. The van der Waals surface area contributed by atoms with Crippen LogP contribution in [-0.2, 0) is 9.53 Å². The van der Waals surface area contributed by atoms with Crippen molar-refractivity contribution in [2.45, 2.75) is 32.2 Å². The topological polar surface area (TPSA) is 49.8 Å². The number of likely N-dealkylation sites (tertiary alicyclic amines) is 1. The second-order valence-electron chi connectivity index (χ2n) is 4.79. The van der Waals surface area contributed by atoms with Gasteiger partial charge < -0.3 is 9.84 Å². The smallest absolute Gasteiger partial charge is 0.320 e. The zero-order chi connectivity index (χ0) is 10.9. The SMILES string of the molecule is CCC(C(=O)O)N1CCC2(CCOC2)C1. The van der Waals surface area contributed by atoms with Gasteiger partial charge in [-0.25, -0.2) is 0 Å². The summed E-state index contributed by atoms with van der Waals surface area (Å²) in [7, 11) is 0. The Kier molecular flexibility index (Phi) is 2.98. The number of aliphatic carboxylic acids is 1. The quantitative estimate of drug-likeness (QED) is 0.758. The summed E-state index contributed by atoms with van der Waals surface area (Å²) in [5.74, 6) is -0.687. The van der Waals surface area contributed by atoms with Crippen molar-refractivity contribution in [1.29, 1.82) is 0 Å². The second-order valence-corrected chi connectivity index (χ2v) is 4.79. The summed E-state index contributed by atoms with van der Waals surface area (Å²) < 4.78 is 5.43. The second kappa shape index (κ2) is 4.10. The Morgan fingerprint density at radius 1 is 1.60 bits per heavy atom. The van der Waals surface area contributed by atoms with Crippen LogP contribution in [0.2, 0.25) is 0 Å². The normalized spacial score (nSPS) is 33.7. The minimum Gasteiger partial charge on any atom is -0.480 e. The van der Waals surface area contributed by atoms with E-state index < -0.39 is 5.97 Å². The van der Waals surface area contributed by atoms with E-state index in [2.05, 4.69) is 4.90 Å². The maximum absolute atomic E-state index is 11.0. The number of nitrogens with zero attached hydrogens (tertiary/aromatic N) is 1. The Morgan fingerprint density at radius 3 is 2.93 bits per heavy atom. The van der Waals surface area contributed by atoms with E-state index in [9.17, 15) is 4.79 Å². The van der Waals surface area contributed by atoms with Crippen molar-refractivity contribution < 1.29 is 14.6 Å². The largest absolute Gasteiger partial charge is 0.480 e. The maximum atomic E-state index is 11.0. The Morgan fingerprint density at radius 2 is 2.40 bits per heavy atom. The molecule has 2 atom stereocenters. The van der Waals surface area contributed by atoms with Crippen LogP contribution in [0.4, 0.5) is 0 Å². The molecule has 4 heteroatoms. The van der Waals surface area contributed by atoms with Crippen molar-refractivity contribution >= 4 is 5.97 Å². The Hall–Kier alpha value is -0.610. The van der Waals surface area contributed by atoms with Gasteiger partial charge in [0, 0.05) is 18.6 Å². The lowest BCUT2D eigenvalue weighted by atomic mass is 9.87. The van der Waals surface area contributed by atoms with Crippen molar-refractivity contribution in [3.8, 4) is 0 Å². The summed E-state index contributed by atoms with van der Waals surface area (Å²) in [6.45, 7) is 5.41. The van der Waals surface area contributed by atoms with Crippen LogP contribution in [0.5, 0.6) is 0 Å². The lowest BCUT2D eigenvalue weighted by Gasteiger charge is -2.25. The first-order valence-corrected chi connectivity index (χ1v) is 5.71. The molecule has 15 heavy (non-hydrogen) atoms. The van der Waals surface area contributed by atoms with Gasteiger partial charge in [0.2, 0.25) is 0 Å². The van der Waals surface area contributed by atoms with Crippen LogP contribution < -0.4 is 0 Å². The number of carboxylic acid groups (broad SMARTS) is 1. The molecule has 0 saturated carbocycles. The lowest BCUT2D eigenvalue weighted by Crippen LogP contribution is -2.40. The monoisotopic (exact) mass is 213 g/mol. The summed E-state index contributed by atoms with van der Waals surface area (Å²) in [6, 6.07) is -0.301. The summed E-state index contributed by atoms with van der Waals surface area (Å²) in [6.07, 6.45) is 2.88. The molecule has 1 spiro atoms.